The minimum Gasteiger partial charge on any atom is -0.373 e. The van der Waals surface area contributed by atoms with Gasteiger partial charge in [0, 0.05) is 6.42 Å². The van der Waals surface area contributed by atoms with E-state index < -0.39 is 31.9 Å². The van der Waals surface area contributed by atoms with E-state index in [0.29, 0.717) is 0 Å². The van der Waals surface area contributed by atoms with Crippen molar-refractivity contribution in [2.24, 2.45) is 0 Å². The topological polar surface area (TPSA) is 105 Å². The fraction of sp³-hybridized carbons (Fsp3) is 0.189. The smallest absolute Gasteiger partial charge is 0.297 e. The summed E-state index contributed by atoms with van der Waals surface area (Å²) in [4.78, 5) is 0.0854. The van der Waals surface area contributed by atoms with Crippen molar-refractivity contribution in [2.75, 3.05) is 26.4 Å². The summed E-state index contributed by atoms with van der Waals surface area (Å²) < 4.78 is 74.5. The third kappa shape index (κ3) is 8.81. The van der Waals surface area contributed by atoms with Gasteiger partial charge in [-0.1, -0.05) is 127 Å². The zero-order valence-electron chi connectivity index (χ0n) is 25.6. The van der Waals surface area contributed by atoms with Crippen molar-refractivity contribution < 1.29 is 34.7 Å². The van der Waals surface area contributed by atoms with E-state index in [1.54, 1.807) is 36.4 Å². The summed E-state index contributed by atoms with van der Waals surface area (Å²) in [5.74, 6) is 0. The Bertz CT molecular complexity index is 1770. The first-order valence-corrected chi connectivity index (χ1v) is 17.9. The molecule has 8 nitrogen and oxygen atoms in total. The highest BCUT2D eigenvalue weighted by Crippen LogP contribution is 2.40. The molecular formula is C37H36O8S2. The fourth-order valence-electron chi connectivity index (χ4n) is 5.16. The van der Waals surface area contributed by atoms with Gasteiger partial charge in [0.2, 0.25) is 0 Å². The third-order valence-corrected chi connectivity index (χ3v) is 10.1. The highest BCUT2D eigenvalue weighted by molar-refractivity contribution is 7.87. The predicted octanol–water partition coefficient (Wildman–Crippen LogP) is 6.58. The highest BCUT2D eigenvalue weighted by atomic mass is 32.2. The van der Waals surface area contributed by atoms with E-state index in [1.807, 2.05) is 91.0 Å². The van der Waals surface area contributed by atoms with Gasteiger partial charge in [-0.2, -0.15) is 16.8 Å². The summed E-state index contributed by atoms with van der Waals surface area (Å²) >= 11 is 0. The van der Waals surface area contributed by atoms with Crippen molar-refractivity contribution in [3.05, 3.63) is 168 Å². The highest BCUT2D eigenvalue weighted by Gasteiger charge is 2.38. The second-order valence-corrected chi connectivity index (χ2v) is 13.8. The molecular weight excluding hydrogens is 637 g/mol. The van der Waals surface area contributed by atoms with Gasteiger partial charge in [-0.05, 0) is 41.0 Å². The van der Waals surface area contributed by atoms with E-state index in [0.717, 1.165) is 16.7 Å². The van der Waals surface area contributed by atoms with Crippen LogP contribution in [0.15, 0.2) is 161 Å². The van der Waals surface area contributed by atoms with Crippen LogP contribution in [-0.4, -0.2) is 49.4 Å². The number of benzene rings is 5. The van der Waals surface area contributed by atoms with Crippen LogP contribution in [-0.2, 0) is 43.7 Å². The second-order valence-electron chi connectivity index (χ2n) is 10.6. The Kier molecular flexibility index (Phi) is 11.7. The van der Waals surface area contributed by atoms with Gasteiger partial charge in [-0.25, -0.2) is 0 Å². The van der Waals surface area contributed by atoms with E-state index in [9.17, 15) is 16.8 Å². The summed E-state index contributed by atoms with van der Waals surface area (Å²) in [5.41, 5.74) is 1.61. The van der Waals surface area contributed by atoms with E-state index >= 15 is 0 Å². The van der Waals surface area contributed by atoms with Crippen LogP contribution in [0.5, 0.6) is 0 Å². The minimum absolute atomic E-state index is 0.0128. The van der Waals surface area contributed by atoms with Crippen LogP contribution in [0.1, 0.15) is 23.1 Å². The Morgan fingerprint density at radius 2 is 0.830 bits per heavy atom. The Hall–Kier alpha value is -4.16. The molecule has 0 radical (unpaired) electrons. The predicted molar refractivity (Wildman–Crippen MR) is 179 cm³/mol. The number of hydrogen-bond donors (Lipinski definition) is 0. The van der Waals surface area contributed by atoms with E-state index in [-0.39, 0.29) is 42.6 Å². The van der Waals surface area contributed by atoms with E-state index in [1.165, 1.54) is 24.3 Å². The van der Waals surface area contributed by atoms with E-state index in [2.05, 4.69) is 0 Å². The number of hydrogen-bond acceptors (Lipinski definition) is 8. The molecule has 0 unspecified atom stereocenters. The molecule has 47 heavy (non-hydrogen) atoms. The molecule has 0 spiro atoms. The van der Waals surface area contributed by atoms with Gasteiger partial charge in [0.15, 0.2) is 0 Å². The molecule has 0 aliphatic rings. The Morgan fingerprint density at radius 3 is 1.23 bits per heavy atom. The standard InChI is InChI=1S/C37H36O8S2/c38-46(39,35-22-12-4-13-23-35)44-27-26-34(42-28-29-45-47(40,41)36-24-14-5-15-25-36)30-43-37(31-16-6-1-7-17-31,32-18-8-2-9-19-32)33-20-10-3-11-21-33/h1-25,34H,26-30H2/t34-/m0/s1. The summed E-state index contributed by atoms with van der Waals surface area (Å²) in [6.07, 6.45) is -0.564. The molecule has 5 rings (SSSR count). The lowest BCUT2D eigenvalue weighted by Crippen LogP contribution is -2.37. The lowest BCUT2D eigenvalue weighted by molar-refractivity contribution is -0.0738. The van der Waals surface area contributed by atoms with Crippen molar-refractivity contribution in [1.82, 2.24) is 0 Å². The first-order chi connectivity index (χ1) is 22.8. The molecule has 5 aromatic carbocycles. The Balaban J connectivity index is 1.38. The van der Waals surface area contributed by atoms with Crippen molar-refractivity contribution in [3.8, 4) is 0 Å². The molecule has 0 amide bonds. The minimum atomic E-state index is -4.00. The molecule has 0 heterocycles. The molecule has 10 heteroatoms. The van der Waals surface area contributed by atoms with Gasteiger partial charge in [0.1, 0.15) is 5.60 Å². The normalized spacial score (nSPS) is 12.9. The number of ether oxygens (including phenoxy) is 2. The SMILES string of the molecule is O=S(=O)(OCCO[C@@H](CCOS(=O)(=O)c1ccccc1)COC(c1ccccc1)(c1ccccc1)c1ccccc1)c1ccccc1. The van der Waals surface area contributed by atoms with Crippen LogP contribution in [0.3, 0.4) is 0 Å². The lowest BCUT2D eigenvalue weighted by Gasteiger charge is -2.37. The van der Waals surface area contributed by atoms with Gasteiger partial charge >= 0.3 is 0 Å². The van der Waals surface area contributed by atoms with Crippen LogP contribution in [0.4, 0.5) is 0 Å². The first kappa shape index (κ1) is 34.2. The van der Waals surface area contributed by atoms with Crippen molar-refractivity contribution in [3.63, 3.8) is 0 Å². The lowest BCUT2D eigenvalue weighted by atomic mass is 9.80. The third-order valence-electron chi connectivity index (χ3n) is 7.44. The molecule has 244 valence electrons. The van der Waals surface area contributed by atoms with Gasteiger partial charge in [-0.3, -0.25) is 8.37 Å². The molecule has 5 aromatic rings. The molecule has 1 atom stereocenters. The maximum absolute atomic E-state index is 12.8. The number of rotatable bonds is 17. The molecule has 0 aromatic heterocycles. The first-order valence-electron chi connectivity index (χ1n) is 15.1. The van der Waals surface area contributed by atoms with Crippen LogP contribution in [0, 0.1) is 0 Å². The fourth-order valence-corrected chi connectivity index (χ4v) is 7.02. The summed E-state index contributed by atoms with van der Waals surface area (Å²) in [7, 11) is -7.99. The molecule has 0 bridgehead atoms. The maximum atomic E-state index is 12.8. The zero-order valence-corrected chi connectivity index (χ0v) is 27.3. The van der Waals surface area contributed by atoms with Gasteiger partial charge in [-0.15, -0.1) is 0 Å². The van der Waals surface area contributed by atoms with Crippen molar-refractivity contribution >= 4 is 20.2 Å². The van der Waals surface area contributed by atoms with Crippen molar-refractivity contribution in [1.29, 1.82) is 0 Å². The second kappa shape index (κ2) is 16.1. The molecule has 0 saturated heterocycles. The quantitative estimate of drug-likeness (QED) is 0.0620. The average Bonchev–Trinajstić information content (AvgIpc) is 3.12. The average molecular weight is 673 g/mol. The Labute approximate surface area is 276 Å². The molecule has 0 aliphatic heterocycles. The van der Waals surface area contributed by atoms with E-state index in [4.69, 9.17) is 17.8 Å². The molecule has 0 N–H and O–H groups in total. The molecule has 0 aliphatic carbocycles. The summed E-state index contributed by atoms with van der Waals surface area (Å²) in [6.45, 7) is -0.527. The van der Waals surface area contributed by atoms with Crippen molar-refractivity contribution in [2.45, 2.75) is 27.9 Å². The van der Waals surface area contributed by atoms with Crippen LogP contribution < -0.4 is 0 Å². The van der Waals surface area contributed by atoms with Gasteiger partial charge in [0.25, 0.3) is 20.2 Å². The monoisotopic (exact) mass is 672 g/mol. The zero-order chi connectivity index (χ0) is 33.0. The largest absolute Gasteiger partial charge is 0.373 e. The van der Waals surface area contributed by atoms with Gasteiger partial charge in [0.05, 0.1) is 42.3 Å². The van der Waals surface area contributed by atoms with Crippen LogP contribution >= 0.6 is 0 Å². The molecule has 0 fully saturated rings. The van der Waals surface area contributed by atoms with Crippen LogP contribution in [0.25, 0.3) is 0 Å². The van der Waals surface area contributed by atoms with Gasteiger partial charge < -0.3 is 9.47 Å². The Morgan fingerprint density at radius 1 is 0.468 bits per heavy atom. The maximum Gasteiger partial charge on any atom is 0.297 e. The summed E-state index contributed by atoms with van der Waals surface area (Å²) in [5, 5.41) is 0. The van der Waals surface area contributed by atoms with Crippen LogP contribution in [0.2, 0.25) is 0 Å². The molecule has 0 saturated carbocycles. The summed E-state index contributed by atoms with van der Waals surface area (Å²) in [6, 6.07) is 45.2.